The minimum atomic E-state index is -3.86. The van der Waals surface area contributed by atoms with E-state index in [1.807, 2.05) is 0 Å². The lowest BCUT2D eigenvalue weighted by atomic mass is 10.6. The summed E-state index contributed by atoms with van der Waals surface area (Å²) < 4.78 is 49.4. The Kier molecular flexibility index (Phi) is 5.42. The lowest BCUT2D eigenvalue weighted by Crippen LogP contribution is -2.36. The summed E-state index contributed by atoms with van der Waals surface area (Å²) in [6.07, 6.45) is -1.50. The Morgan fingerprint density at radius 2 is 2.24 bits per heavy atom. The van der Waals surface area contributed by atoms with E-state index in [4.69, 9.17) is 0 Å². The molecule has 17 heavy (non-hydrogen) atoms. The van der Waals surface area contributed by atoms with Crippen molar-refractivity contribution in [3.63, 3.8) is 0 Å². The van der Waals surface area contributed by atoms with Crippen molar-refractivity contribution in [3.05, 3.63) is 11.2 Å². The molecule has 0 bridgehead atoms. The van der Waals surface area contributed by atoms with Gasteiger partial charge in [0.15, 0.2) is 4.21 Å². The quantitative estimate of drug-likeness (QED) is 0.739. The third-order valence-electron chi connectivity index (χ3n) is 1.87. The summed E-state index contributed by atoms with van der Waals surface area (Å²) in [4.78, 5) is 3.82. The molecule has 0 radical (unpaired) electrons. The summed E-state index contributed by atoms with van der Waals surface area (Å²) in [5, 5.41) is 0.885. The summed E-state index contributed by atoms with van der Waals surface area (Å²) in [6.45, 7) is 0.861. The van der Waals surface area contributed by atoms with Crippen molar-refractivity contribution >= 4 is 37.3 Å². The van der Waals surface area contributed by atoms with E-state index in [-0.39, 0.29) is 10.8 Å². The van der Waals surface area contributed by atoms with E-state index in [0.29, 0.717) is 10.3 Å². The van der Waals surface area contributed by atoms with Gasteiger partial charge >= 0.3 is 0 Å². The molecule has 0 N–H and O–H groups in total. The standard InChI is InChI=1S/C8H11BrF2N2O2S2/c1-6-12-4-8(16-6)17(14,15)13(3-2-9)5-7(10)11/h4,7H,2-3,5H2,1H3. The van der Waals surface area contributed by atoms with E-state index in [0.717, 1.165) is 15.6 Å². The molecule has 0 aliphatic carbocycles. The van der Waals surface area contributed by atoms with Crippen molar-refractivity contribution in [1.82, 2.24) is 9.29 Å². The lowest BCUT2D eigenvalue weighted by Gasteiger charge is -2.19. The number of hydrogen-bond donors (Lipinski definition) is 0. The first-order valence-electron chi connectivity index (χ1n) is 4.64. The Labute approximate surface area is 111 Å². The van der Waals surface area contributed by atoms with Crippen molar-refractivity contribution in [3.8, 4) is 0 Å². The fourth-order valence-corrected chi connectivity index (χ4v) is 4.49. The number of thiazole rings is 1. The largest absolute Gasteiger partial charge is 0.254 e. The number of aromatic nitrogens is 1. The number of hydrogen-bond acceptors (Lipinski definition) is 4. The van der Waals surface area contributed by atoms with Crippen LogP contribution in [-0.4, -0.2) is 42.6 Å². The molecule has 4 nitrogen and oxygen atoms in total. The highest BCUT2D eigenvalue weighted by atomic mass is 79.9. The first-order valence-corrected chi connectivity index (χ1v) is 8.02. The molecule has 98 valence electrons. The molecule has 1 rings (SSSR count). The number of aryl methyl sites for hydroxylation is 1. The maximum absolute atomic E-state index is 12.3. The van der Waals surface area contributed by atoms with E-state index < -0.39 is 23.0 Å². The van der Waals surface area contributed by atoms with E-state index in [2.05, 4.69) is 20.9 Å². The third kappa shape index (κ3) is 3.94. The molecule has 0 aromatic carbocycles. The Hall–Kier alpha value is -0.120. The number of sulfonamides is 1. The molecule has 1 aromatic heterocycles. The SMILES string of the molecule is Cc1ncc(S(=O)(=O)N(CCBr)CC(F)F)s1. The zero-order valence-electron chi connectivity index (χ0n) is 8.94. The van der Waals surface area contributed by atoms with Crippen LogP contribution < -0.4 is 0 Å². The zero-order chi connectivity index (χ0) is 13.1. The van der Waals surface area contributed by atoms with E-state index >= 15 is 0 Å². The maximum atomic E-state index is 12.3. The van der Waals surface area contributed by atoms with Crippen LogP contribution in [0.4, 0.5) is 8.78 Å². The van der Waals surface area contributed by atoms with Crippen LogP contribution in [0.1, 0.15) is 5.01 Å². The van der Waals surface area contributed by atoms with Crippen molar-refractivity contribution in [2.75, 3.05) is 18.4 Å². The molecule has 0 saturated heterocycles. The van der Waals surface area contributed by atoms with Crippen LogP contribution in [-0.2, 0) is 10.0 Å². The molecule has 0 saturated carbocycles. The smallest absolute Gasteiger partial charge is 0.249 e. The van der Waals surface area contributed by atoms with Crippen LogP contribution in [0.3, 0.4) is 0 Å². The number of halogens is 3. The average molecular weight is 349 g/mol. The molecular formula is C8H11BrF2N2O2S2. The highest BCUT2D eigenvalue weighted by molar-refractivity contribution is 9.09. The van der Waals surface area contributed by atoms with Gasteiger partial charge in [0.25, 0.3) is 16.4 Å². The van der Waals surface area contributed by atoms with Gasteiger partial charge in [0.1, 0.15) is 0 Å². The van der Waals surface area contributed by atoms with E-state index in [1.165, 1.54) is 6.20 Å². The topological polar surface area (TPSA) is 50.3 Å². The van der Waals surface area contributed by atoms with Gasteiger partial charge in [-0.05, 0) is 6.92 Å². The molecule has 1 heterocycles. The van der Waals surface area contributed by atoms with Gasteiger partial charge in [0.05, 0.1) is 17.7 Å². The van der Waals surface area contributed by atoms with Crippen molar-refractivity contribution in [2.24, 2.45) is 0 Å². The average Bonchev–Trinajstić information content (AvgIpc) is 2.64. The summed E-state index contributed by atoms with van der Waals surface area (Å²) >= 11 is 4.02. The summed E-state index contributed by atoms with van der Waals surface area (Å²) in [7, 11) is -3.86. The van der Waals surface area contributed by atoms with Gasteiger partial charge in [0, 0.05) is 11.9 Å². The normalized spacial score (nSPS) is 12.6. The maximum Gasteiger partial charge on any atom is 0.254 e. The van der Waals surface area contributed by atoms with E-state index in [9.17, 15) is 17.2 Å². The highest BCUT2D eigenvalue weighted by Crippen LogP contribution is 2.22. The van der Waals surface area contributed by atoms with Crippen molar-refractivity contribution in [1.29, 1.82) is 0 Å². The predicted octanol–water partition coefficient (Wildman–Crippen LogP) is 2.10. The summed E-state index contributed by atoms with van der Waals surface area (Å²) in [6, 6.07) is 0. The first kappa shape index (κ1) is 14.9. The van der Waals surface area contributed by atoms with E-state index in [1.54, 1.807) is 6.92 Å². The molecule has 9 heteroatoms. The molecule has 0 spiro atoms. The number of nitrogens with zero attached hydrogens (tertiary/aromatic N) is 2. The van der Waals surface area contributed by atoms with Gasteiger partial charge in [-0.25, -0.2) is 22.2 Å². The second kappa shape index (κ2) is 6.17. The predicted molar refractivity (Wildman–Crippen MR) is 65.4 cm³/mol. The van der Waals surface area contributed by atoms with Gasteiger partial charge < -0.3 is 0 Å². The van der Waals surface area contributed by atoms with Gasteiger partial charge in [0.2, 0.25) is 0 Å². The molecule has 0 fully saturated rings. The highest BCUT2D eigenvalue weighted by Gasteiger charge is 2.28. The fraction of sp³-hybridized carbons (Fsp3) is 0.625. The van der Waals surface area contributed by atoms with Crippen molar-refractivity contribution in [2.45, 2.75) is 17.6 Å². The van der Waals surface area contributed by atoms with Gasteiger partial charge in [-0.1, -0.05) is 15.9 Å². The van der Waals surface area contributed by atoms with Crippen LogP contribution in [0.5, 0.6) is 0 Å². The summed E-state index contributed by atoms with van der Waals surface area (Å²) in [5.41, 5.74) is 0. The lowest BCUT2D eigenvalue weighted by molar-refractivity contribution is 0.121. The molecular weight excluding hydrogens is 338 g/mol. The second-order valence-corrected chi connectivity index (χ2v) is 7.33. The van der Waals surface area contributed by atoms with Crippen LogP contribution in [0, 0.1) is 6.92 Å². The van der Waals surface area contributed by atoms with Crippen molar-refractivity contribution < 1.29 is 17.2 Å². The Morgan fingerprint density at radius 1 is 1.59 bits per heavy atom. The minimum Gasteiger partial charge on any atom is -0.249 e. The molecule has 1 aromatic rings. The fourth-order valence-electron chi connectivity index (χ4n) is 1.15. The first-order chi connectivity index (χ1) is 7.87. The third-order valence-corrected chi connectivity index (χ3v) is 5.44. The Bertz CT molecular complexity index is 464. The van der Waals surface area contributed by atoms with Gasteiger partial charge in [-0.2, -0.15) is 4.31 Å². The monoisotopic (exact) mass is 348 g/mol. The molecule has 0 aliphatic rings. The van der Waals surface area contributed by atoms with Gasteiger partial charge in [-0.15, -0.1) is 11.3 Å². The van der Waals surface area contributed by atoms with Crippen LogP contribution >= 0.6 is 27.3 Å². The molecule has 0 atom stereocenters. The second-order valence-electron chi connectivity index (χ2n) is 3.14. The zero-order valence-corrected chi connectivity index (χ0v) is 12.2. The van der Waals surface area contributed by atoms with Crippen LogP contribution in [0.2, 0.25) is 0 Å². The van der Waals surface area contributed by atoms with Crippen LogP contribution in [0.15, 0.2) is 10.4 Å². The Balaban J connectivity index is 2.99. The number of alkyl halides is 3. The van der Waals surface area contributed by atoms with Crippen LogP contribution in [0.25, 0.3) is 0 Å². The molecule has 0 aliphatic heterocycles. The number of rotatable bonds is 6. The minimum absolute atomic E-state index is 0.00315. The molecule has 0 unspecified atom stereocenters. The molecule has 0 amide bonds. The summed E-state index contributed by atoms with van der Waals surface area (Å²) in [5.74, 6) is 0. The van der Waals surface area contributed by atoms with Gasteiger partial charge in [-0.3, -0.25) is 0 Å². The Morgan fingerprint density at radius 3 is 2.65 bits per heavy atom.